The maximum atomic E-state index is 9.98. The van der Waals surface area contributed by atoms with Crippen molar-refractivity contribution in [3.63, 3.8) is 0 Å². The number of morpholine rings is 1. The molecule has 0 atom stereocenters. The molecule has 36 heavy (non-hydrogen) atoms. The molecule has 2 aliphatic heterocycles. The normalized spacial score (nSPS) is 17.6. The van der Waals surface area contributed by atoms with Crippen LogP contribution >= 0.6 is 15.9 Å². The van der Waals surface area contributed by atoms with Crippen molar-refractivity contribution >= 4 is 32.9 Å². The van der Waals surface area contributed by atoms with Gasteiger partial charge in [0, 0.05) is 50.7 Å². The van der Waals surface area contributed by atoms with Crippen LogP contribution in [0, 0.1) is 0 Å². The molecule has 1 N–H and O–H groups in total. The number of pyridine rings is 2. The highest BCUT2D eigenvalue weighted by molar-refractivity contribution is 9.10. The van der Waals surface area contributed by atoms with Gasteiger partial charge in [0.05, 0.1) is 25.5 Å². The molecule has 0 aromatic carbocycles. The van der Waals surface area contributed by atoms with Crippen LogP contribution in [0.25, 0.3) is 22.6 Å². The number of halogens is 1. The van der Waals surface area contributed by atoms with E-state index < -0.39 is 0 Å². The van der Waals surface area contributed by atoms with E-state index in [9.17, 15) is 5.11 Å². The van der Waals surface area contributed by atoms with Crippen molar-refractivity contribution in [3.05, 3.63) is 47.0 Å². The molecular formula is C24H26BrN9O2. The Morgan fingerprint density at radius 1 is 1.03 bits per heavy atom. The average Bonchev–Trinajstić information content (AvgIpc) is 3.34. The van der Waals surface area contributed by atoms with Crippen molar-refractivity contribution in [1.82, 2.24) is 39.8 Å². The van der Waals surface area contributed by atoms with Gasteiger partial charge >= 0.3 is 0 Å². The van der Waals surface area contributed by atoms with Crippen LogP contribution in [0.2, 0.25) is 0 Å². The second kappa shape index (κ2) is 10.0. The largest absolute Gasteiger partial charge is 0.506 e. The van der Waals surface area contributed by atoms with Crippen LogP contribution in [-0.4, -0.2) is 84.3 Å². The summed E-state index contributed by atoms with van der Waals surface area (Å²) < 4.78 is 8.35. The van der Waals surface area contributed by atoms with Crippen LogP contribution in [0.15, 0.2) is 41.4 Å². The lowest BCUT2D eigenvalue weighted by Gasteiger charge is -2.32. The first-order valence-electron chi connectivity index (χ1n) is 12.1. The average molecular weight is 552 g/mol. The van der Waals surface area contributed by atoms with Crippen molar-refractivity contribution in [3.8, 4) is 17.1 Å². The van der Waals surface area contributed by atoms with Crippen LogP contribution in [0.1, 0.15) is 24.4 Å². The quantitative estimate of drug-likeness (QED) is 0.371. The van der Waals surface area contributed by atoms with Crippen molar-refractivity contribution in [2.24, 2.45) is 0 Å². The molecule has 2 saturated heterocycles. The molecule has 0 radical (unpaired) electrons. The lowest BCUT2D eigenvalue weighted by Crippen LogP contribution is -2.37. The SMILES string of the molecule is Oc1cncc(-c2nc(N3CCOCC3)c3nnn(C4CCN(Cc5ccc(Br)nc5)CC4)c3n2)c1. The number of anilines is 1. The van der Waals surface area contributed by atoms with Gasteiger partial charge in [-0.2, -0.15) is 0 Å². The minimum atomic E-state index is 0.0732. The third kappa shape index (κ3) is 4.75. The number of fused-ring (bicyclic) bond motifs is 1. The molecule has 2 aliphatic rings. The Bertz CT molecular complexity index is 1350. The summed E-state index contributed by atoms with van der Waals surface area (Å²) in [4.78, 5) is 22.8. The van der Waals surface area contributed by atoms with Crippen LogP contribution in [0.4, 0.5) is 5.82 Å². The third-order valence-corrected chi connectivity index (χ3v) is 7.16. The van der Waals surface area contributed by atoms with Gasteiger partial charge in [-0.15, -0.1) is 5.10 Å². The minimum absolute atomic E-state index is 0.0732. The molecule has 186 valence electrons. The molecule has 6 heterocycles. The van der Waals surface area contributed by atoms with Crippen LogP contribution in [0.3, 0.4) is 0 Å². The van der Waals surface area contributed by atoms with E-state index in [4.69, 9.17) is 14.7 Å². The molecule has 6 rings (SSSR count). The smallest absolute Gasteiger partial charge is 0.184 e. The fourth-order valence-corrected chi connectivity index (χ4v) is 5.05. The van der Waals surface area contributed by atoms with Crippen LogP contribution < -0.4 is 4.90 Å². The van der Waals surface area contributed by atoms with Crippen LogP contribution in [0.5, 0.6) is 5.75 Å². The van der Waals surface area contributed by atoms with Crippen molar-refractivity contribution in [2.75, 3.05) is 44.3 Å². The minimum Gasteiger partial charge on any atom is -0.506 e. The number of ether oxygens (including phenoxy) is 1. The molecule has 0 amide bonds. The predicted molar refractivity (Wildman–Crippen MR) is 137 cm³/mol. The molecule has 4 aromatic rings. The highest BCUT2D eigenvalue weighted by Crippen LogP contribution is 2.31. The lowest BCUT2D eigenvalue weighted by molar-refractivity contribution is 0.122. The molecular weight excluding hydrogens is 526 g/mol. The number of nitrogens with zero attached hydrogens (tertiary/aromatic N) is 9. The van der Waals surface area contributed by atoms with Crippen LogP contribution in [-0.2, 0) is 11.3 Å². The lowest BCUT2D eigenvalue weighted by atomic mass is 10.0. The Labute approximate surface area is 216 Å². The summed E-state index contributed by atoms with van der Waals surface area (Å²) >= 11 is 3.40. The molecule has 0 unspecified atom stereocenters. The molecule has 4 aromatic heterocycles. The molecule has 0 bridgehead atoms. The Balaban J connectivity index is 1.29. The highest BCUT2D eigenvalue weighted by Gasteiger charge is 2.27. The fourth-order valence-electron chi connectivity index (χ4n) is 4.82. The molecule has 12 heteroatoms. The van der Waals surface area contributed by atoms with Gasteiger partial charge in [0.15, 0.2) is 22.8 Å². The Hall–Kier alpha value is -3.22. The van der Waals surface area contributed by atoms with Gasteiger partial charge in [-0.1, -0.05) is 11.3 Å². The third-order valence-electron chi connectivity index (χ3n) is 6.70. The summed E-state index contributed by atoms with van der Waals surface area (Å²) in [7, 11) is 0. The molecule has 0 aliphatic carbocycles. The van der Waals surface area contributed by atoms with E-state index in [2.05, 4.69) is 52.1 Å². The predicted octanol–water partition coefficient (Wildman–Crippen LogP) is 2.82. The fraction of sp³-hybridized carbons (Fsp3) is 0.417. The monoisotopic (exact) mass is 551 g/mol. The molecule has 11 nitrogen and oxygen atoms in total. The number of likely N-dealkylation sites (tertiary alicyclic amines) is 1. The first kappa shape index (κ1) is 23.2. The van der Waals surface area contributed by atoms with E-state index in [-0.39, 0.29) is 11.8 Å². The van der Waals surface area contributed by atoms with E-state index >= 15 is 0 Å². The first-order chi connectivity index (χ1) is 17.6. The van der Waals surface area contributed by atoms with E-state index in [0.717, 1.165) is 56.0 Å². The van der Waals surface area contributed by atoms with E-state index in [1.807, 2.05) is 16.9 Å². The Morgan fingerprint density at radius 3 is 2.61 bits per heavy atom. The van der Waals surface area contributed by atoms with Gasteiger partial charge in [0.2, 0.25) is 0 Å². The zero-order valence-electron chi connectivity index (χ0n) is 19.7. The van der Waals surface area contributed by atoms with Crippen molar-refractivity contribution in [2.45, 2.75) is 25.4 Å². The zero-order chi connectivity index (χ0) is 24.5. The standard InChI is InChI=1S/C24H26BrN9O2/c25-20-2-1-16(12-27-20)15-32-5-3-18(4-6-32)34-24-21(30-31-34)23(33-7-9-36-10-8-33)28-22(29-24)17-11-19(35)14-26-13-17/h1-2,11-14,18,35H,3-10,15H2. The van der Waals surface area contributed by atoms with Gasteiger partial charge in [0.1, 0.15) is 10.4 Å². The van der Waals surface area contributed by atoms with Crippen molar-refractivity contribution in [1.29, 1.82) is 0 Å². The summed E-state index contributed by atoms with van der Waals surface area (Å²) in [6, 6.07) is 5.91. The topological polar surface area (TPSA) is 118 Å². The molecule has 2 fully saturated rings. The van der Waals surface area contributed by atoms with E-state index in [1.54, 1.807) is 12.3 Å². The number of hydrogen-bond acceptors (Lipinski definition) is 10. The maximum absolute atomic E-state index is 9.98. The number of hydrogen-bond donors (Lipinski definition) is 1. The van der Waals surface area contributed by atoms with E-state index in [0.29, 0.717) is 35.8 Å². The zero-order valence-corrected chi connectivity index (χ0v) is 21.2. The maximum Gasteiger partial charge on any atom is 0.184 e. The van der Waals surface area contributed by atoms with Gasteiger partial charge in [-0.3, -0.25) is 9.88 Å². The summed E-state index contributed by atoms with van der Waals surface area (Å²) in [5.74, 6) is 1.31. The second-order valence-corrected chi connectivity index (χ2v) is 9.92. The molecule has 0 spiro atoms. The Kier molecular flexibility index (Phi) is 6.46. The summed E-state index contributed by atoms with van der Waals surface area (Å²) in [6.45, 7) is 5.49. The van der Waals surface area contributed by atoms with E-state index in [1.165, 1.54) is 11.8 Å². The summed E-state index contributed by atoms with van der Waals surface area (Å²) in [5.41, 5.74) is 3.25. The number of rotatable bonds is 5. The summed E-state index contributed by atoms with van der Waals surface area (Å²) in [5, 5.41) is 19.1. The van der Waals surface area contributed by atoms with Crippen molar-refractivity contribution < 1.29 is 9.84 Å². The van der Waals surface area contributed by atoms with Gasteiger partial charge in [-0.05, 0) is 46.5 Å². The van der Waals surface area contributed by atoms with Gasteiger partial charge in [0.25, 0.3) is 0 Å². The Morgan fingerprint density at radius 2 is 1.86 bits per heavy atom. The molecule has 0 saturated carbocycles. The summed E-state index contributed by atoms with van der Waals surface area (Å²) in [6.07, 6.45) is 6.87. The highest BCUT2D eigenvalue weighted by atomic mass is 79.9. The van der Waals surface area contributed by atoms with Gasteiger partial charge in [-0.25, -0.2) is 19.6 Å². The first-order valence-corrected chi connectivity index (χ1v) is 12.9. The number of piperidine rings is 1. The van der Waals surface area contributed by atoms with Gasteiger partial charge < -0.3 is 14.7 Å². The number of aromatic hydroxyl groups is 1. The second-order valence-electron chi connectivity index (χ2n) is 9.10. The number of aromatic nitrogens is 7.